The zero-order valence-corrected chi connectivity index (χ0v) is 12.1. The minimum Gasteiger partial charge on any atom is -0.300 e. The van der Waals surface area contributed by atoms with Gasteiger partial charge in [-0.2, -0.15) is 5.26 Å². The maximum absolute atomic E-state index is 9.28. The number of hydrogen-bond acceptors (Lipinski definition) is 5. The molecule has 0 amide bonds. The van der Waals surface area contributed by atoms with Crippen LogP contribution in [0.5, 0.6) is 0 Å². The fourth-order valence-electron chi connectivity index (χ4n) is 1.83. The lowest BCUT2D eigenvalue weighted by molar-refractivity contribution is 0.379. The van der Waals surface area contributed by atoms with Gasteiger partial charge >= 0.3 is 0 Å². The van der Waals surface area contributed by atoms with Crippen LogP contribution in [0.4, 0.5) is 0 Å². The van der Waals surface area contributed by atoms with Crippen molar-refractivity contribution in [3.8, 4) is 6.07 Å². The van der Waals surface area contributed by atoms with Gasteiger partial charge in [-0.1, -0.05) is 25.6 Å². The van der Waals surface area contributed by atoms with Gasteiger partial charge < -0.3 is 0 Å². The maximum Gasteiger partial charge on any atom is 0.208 e. The Morgan fingerprint density at radius 2 is 2.28 bits per heavy atom. The van der Waals surface area contributed by atoms with Crippen LogP contribution >= 0.6 is 11.8 Å². The smallest absolute Gasteiger partial charge is 0.208 e. The summed E-state index contributed by atoms with van der Waals surface area (Å²) in [6.07, 6.45) is 2.68. The summed E-state index contributed by atoms with van der Waals surface area (Å²) in [6, 6.07) is 2.41. The Balaban J connectivity index is 2.33. The number of nitrogens with zero attached hydrogens (tertiary/aromatic N) is 3. The Bertz CT molecular complexity index is 397. The molecule has 6 heteroatoms. The van der Waals surface area contributed by atoms with Crippen molar-refractivity contribution in [2.24, 2.45) is 0 Å². The molecule has 0 fully saturated rings. The number of thioether (sulfide) groups is 1. The van der Waals surface area contributed by atoms with Gasteiger partial charge in [-0.15, -0.1) is 5.10 Å². The molecule has 0 aliphatic rings. The molecule has 1 aromatic rings. The lowest BCUT2D eigenvalue weighted by atomic mass is 9.92. The van der Waals surface area contributed by atoms with E-state index in [-0.39, 0.29) is 5.54 Å². The summed E-state index contributed by atoms with van der Waals surface area (Å²) in [5, 5.41) is 20.3. The molecule has 5 nitrogen and oxygen atoms in total. The molecular weight excluding hydrogens is 246 g/mol. The largest absolute Gasteiger partial charge is 0.300 e. The maximum atomic E-state index is 9.28. The van der Waals surface area contributed by atoms with Crippen molar-refractivity contribution >= 4 is 11.8 Å². The molecule has 1 atom stereocenters. The highest BCUT2D eigenvalue weighted by Crippen LogP contribution is 2.20. The second-order valence-electron chi connectivity index (χ2n) is 4.23. The van der Waals surface area contributed by atoms with E-state index in [0.717, 1.165) is 42.5 Å². The van der Waals surface area contributed by atoms with E-state index in [1.54, 1.807) is 11.8 Å². The molecule has 1 rings (SSSR count). The van der Waals surface area contributed by atoms with Gasteiger partial charge in [0.05, 0.1) is 6.07 Å². The van der Waals surface area contributed by atoms with Gasteiger partial charge in [-0.3, -0.25) is 10.4 Å². The fourth-order valence-corrected chi connectivity index (χ4v) is 2.61. The minimum atomic E-state index is -0.371. The Morgan fingerprint density at radius 1 is 1.50 bits per heavy atom. The van der Waals surface area contributed by atoms with Crippen molar-refractivity contribution < 1.29 is 0 Å². The van der Waals surface area contributed by atoms with E-state index < -0.39 is 0 Å². The molecule has 0 bridgehead atoms. The summed E-state index contributed by atoms with van der Waals surface area (Å²) in [4.78, 5) is 4.24. The van der Waals surface area contributed by atoms with Crippen molar-refractivity contribution in [1.29, 1.82) is 5.26 Å². The number of aromatic nitrogens is 3. The molecule has 0 spiro atoms. The van der Waals surface area contributed by atoms with Gasteiger partial charge in [0, 0.05) is 5.75 Å². The molecule has 1 aromatic heterocycles. The van der Waals surface area contributed by atoms with Gasteiger partial charge in [0.1, 0.15) is 11.4 Å². The molecule has 100 valence electrons. The summed E-state index contributed by atoms with van der Waals surface area (Å²) < 4.78 is 0. The van der Waals surface area contributed by atoms with Crippen LogP contribution in [0, 0.1) is 18.3 Å². The third-order valence-corrected chi connectivity index (χ3v) is 3.82. The molecular formula is C12H21N5S. The predicted octanol–water partition coefficient (Wildman–Crippen LogP) is 2.27. The van der Waals surface area contributed by atoms with Gasteiger partial charge in [-0.05, 0) is 32.7 Å². The highest BCUT2D eigenvalue weighted by Gasteiger charge is 2.25. The van der Waals surface area contributed by atoms with E-state index in [0.29, 0.717) is 0 Å². The third kappa shape index (κ3) is 4.31. The monoisotopic (exact) mass is 267 g/mol. The fraction of sp³-hybridized carbons (Fsp3) is 0.750. The van der Waals surface area contributed by atoms with E-state index in [9.17, 15) is 5.26 Å². The Labute approximate surface area is 113 Å². The van der Waals surface area contributed by atoms with Crippen molar-refractivity contribution in [3.05, 3.63) is 5.82 Å². The number of aromatic amines is 1. The Hall–Kier alpha value is -1.06. The third-order valence-electron chi connectivity index (χ3n) is 2.89. The Morgan fingerprint density at radius 3 is 2.78 bits per heavy atom. The molecule has 1 unspecified atom stereocenters. The summed E-state index contributed by atoms with van der Waals surface area (Å²) in [5.41, 5.74) is -0.371. The first-order chi connectivity index (χ1) is 8.65. The number of aryl methyl sites for hydroxylation is 1. The number of nitrogens with one attached hydrogen (secondary N) is 2. The van der Waals surface area contributed by atoms with Gasteiger partial charge in [0.15, 0.2) is 0 Å². The molecule has 2 N–H and O–H groups in total. The molecule has 0 aliphatic carbocycles. The zero-order chi connectivity index (χ0) is 13.4. The number of nitriles is 1. The van der Waals surface area contributed by atoms with Crippen molar-refractivity contribution in [2.75, 3.05) is 12.3 Å². The van der Waals surface area contributed by atoms with Gasteiger partial charge in [0.2, 0.25) is 5.16 Å². The van der Waals surface area contributed by atoms with Crippen LogP contribution in [0.3, 0.4) is 0 Å². The predicted molar refractivity (Wildman–Crippen MR) is 73.4 cm³/mol. The van der Waals surface area contributed by atoms with Crippen LogP contribution in [0.2, 0.25) is 0 Å². The van der Waals surface area contributed by atoms with Crippen LogP contribution in [-0.4, -0.2) is 33.0 Å². The van der Waals surface area contributed by atoms with Crippen LogP contribution in [0.15, 0.2) is 5.16 Å². The van der Waals surface area contributed by atoms with Crippen molar-refractivity contribution in [1.82, 2.24) is 20.5 Å². The van der Waals surface area contributed by atoms with E-state index in [2.05, 4.69) is 33.5 Å². The number of rotatable bonds is 8. The SMILES string of the molecule is CCNC(C#N)(CC)CCCSc1n[nH]c(C)n1. The lowest BCUT2D eigenvalue weighted by Crippen LogP contribution is -2.43. The summed E-state index contributed by atoms with van der Waals surface area (Å²) in [5.74, 6) is 1.77. The quantitative estimate of drug-likeness (QED) is 0.558. The molecule has 18 heavy (non-hydrogen) atoms. The number of H-pyrrole nitrogens is 1. The average Bonchev–Trinajstić information content (AvgIpc) is 2.79. The van der Waals surface area contributed by atoms with E-state index in [1.165, 1.54) is 0 Å². The molecule has 0 saturated carbocycles. The van der Waals surface area contributed by atoms with Crippen molar-refractivity contribution in [2.45, 2.75) is 50.7 Å². The number of hydrogen-bond donors (Lipinski definition) is 2. The van der Waals surface area contributed by atoms with Crippen LogP contribution in [-0.2, 0) is 0 Å². The molecule has 0 radical (unpaired) electrons. The summed E-state index contributed by atoms with van der Waals surface area (Å²) >= 11 is 1.63. The topological polar surface area (TPSA) is 77.4 Å². The highest BCUT2D eigenvalue weighted by molar-refractivity contribution is 7.99. The molecule has 1 heterocycles. The van der Waals surface area contributed by atoms with Gasteiger partial charge in [0.25, 0.3) is 0 Å². The normalized spacial score (nSPS) is 14.1. The first-order valence-corrected chi connectivity index (χ1v) is 7.32. The second kappa shape index (κ2) is 7.39. The first-order valence-electron chi connectivity index (χ1n) is 6.34. The van der Waals surface area contributed by atoms with Gasteiger partial charge in [-0.25, -0.2) is 4.98 Å². The second-order valence-corrected chi connectivity index (χ2v) is 5.30. The zero-order valence-electron chi connectivity index (χ0n) is 11.3. The van der Waals surface area contributed by atoms with E-state index >= 15 is 0 Å². The van der Waals surface area contributed by atoms with Crippen LogP contribution in [0.1, 0.15) is 38.9 Å². The Kier molecular flexibility index (Phi) is 6.16. The molecule has 0 aliphatic heterocycles. The highest BCUT2D eigenvalue weighted by atomic mass is 32.2. The molecule has 0 aromatic carbocycles. The summed E-state index contributed by atoms with van der Waals surface area (Å²) in [6.45, 7) is 6.80. The van der Waals surface area contributed by atoms with Crippen molar-refractivity contribution in [3.63, 3.8) is 0 Å². The van der Waals surface area contributed by atoms with Crippen LogP contribution < -0.4 is 5.32 Å². The minimum absolute atomic E-state index is 0.371. The standard InChI is InChI=1S/C12H21N5S/c1-4-12(9-13,14-5-2)7-6-8-18-11-15-10(3)16-17-11/h14H,4-8H2,1-3H3,(H,15,16,17). The first kappa shape index (κ1) is 15.0. The van der Waals surface area contributed by atoms with E-state index in [1.807, 2.05) is 13.8 Å². The summed E-state index contributed by atoms with van der Waals surface area (Å²) in [7, 11) is 0. The van der Waals surface area contributed by atoms with Crippen LogP contribution in [0.25, 0.3) is 0 Å². The molecule has 0 saturated heterocycles. The lowest BCUT2D eigenvalue weighted by Gasteiger charge is -2.25. The average molecular weight is 267 g/mol. The van der Waals surface area contributed by atoms with E-state index in [4.69, 9.17) is 0 Å².